The molecule has 1 aliphatic carbocycles. The number of halogens is 3. The number of esters is 1. The topological polar surface area (TPSA) is 35.5 Å². The summed E-state index contributed by atoms with van der Waals surface area (Å²) < 4.78 is 49.7. The summed E-state index contributed by atoms with van der Waals surface area (Å²) in [5, 5.41) is 0. The Bertz CT molecular complexity index is 990. The van der Waals surface area contributed by atoms with Crippen molar-refractivity contribution in [3.8, 4) is 5.75 Å². The van der Waals surface area contributed by atoms with Gasteiger partial charge in [-0.1, -0.05) is 18.7 Å². The number of hydrogen-bond donors (Lipinski definition) is 0. The Kier molecular flexibility index (Phi) is 4.68. The standard InChI is InChI=1S/C23H21F3O3/c1-12-10-19(28-11-15-4-6-16(7-5-15)23(24,25)26)14(3)20-17(12)8-9-18-13(2)22(27)29-21(18)20/h4-7,10,18,21H,2,8-9,11H2,1,3H3/t18-,21+/m0/s1. The van der Waals surface area contributed by atoms with Gasteiger partial charge < -0.3 is 9.47 Å². The first-order valence-electron chi connectivity index (χ1n) is 9.48. The van der Waals surface area contributed by atoms with Gasteiger partial charge in [-0.15, -0.1) is 0 Å². The summed E-state index contributed by atoms with van der Waals surface area (Å²) in [7, 11) is 0. The van der Waals surface area contributed by atoms with Crippen molar-refractivity contribution in [3.63, 3.8) is 0 Å². The van der Waals surface area contributed by atoms with Crippen molar-refractivity contribution in [1.82, 2.24) is 0 Å². The van der Waals surface area contributed by atoms with Crippen LogP contribution in [0.5, 0.6) is 5.75 Å². The smallest absolute Gasteiger partial charge is 0.416 e. The second-order valence-electron chi connectivity index (χ2n) is 7.69. The second kappa shape index (κ2) is 6.94. The average molecular weight is 402 g/mol. The summed E-state index contributed by atoms with van der Waals surface area (Å²) in [6.07, 6.45) is -3.02. The van der Waals surface area contributed by atoms with Crippen molar-refractivity contribution < 1.29 is 27.4 Å². The highest BCUT2D eigenvalue weighted by Crippen LogP contribution is 2.49. The van der Waals surface area contributed by atoms with Crippen LogP contribution in [0.15, 0.2) is 42.5 Å². The van der Waals surface area contributed by atoms with E-state index in [4.69, 9.17) is 9.47 Å². The Labute approximate surface area is 167 Å². The second-order valence-corrected chi connectivity index (χ2v) is 7.69. The van der Waals surface area contributed by atoms with E-state index in [9.17, 15) is 18.0 Å². The molecule has 3 nitrogen and oxygen atoms in total. The zero-order valence-electron chi connectivity index (χ0n) is 16.2. The molecular weight excluding hydrogens is 381 g/mol. The number of fused-ring (bicyclic) bond motifs is 3. The van der Waals surface area contributed by atoms with Crippen LogP contribution >= 0.6 is 0 Å². The van der Waals surface area contributed by atoms with Crippen LogP contribution in [0.1, 0.15) is 45.9 Å². The number of carbonyl (C=O) groups is 1. The predicted molar refractivity (Wildman–Crippen MR) is 101 cm³/mol. The fourth-order valence-corrected chi connectivity index (χ4v) is 4.27. The van der Waals surface area contributed by atoms with Crippen LogP contribution in [-0.2, 0) is 28.7 Å². The summed E-state index contributed by atoms with van der Waals surface area (Å²) in [5.41, 5.74) is 4.59. The van der Waals surface area contributed by atoms with E-state index in [-0.39, 0.29) is 24.6 Å². The van der Waals surface area contributed by atoms with Crippen LogP contribution in [0, 0.1) is 19.8 Å². The Morgan fingerprint density at radius 1 is 1.21 bits per heavy atom. The highest BCUT2D eigenvalue weighted by molar-refractivity contribution is 5.91. The molecule has 4 rings (SSSR count). The largest absolute Gasteiger partial charge is 0.489 e. The molecule has 0 saturated carbocycles. The monoisotopic (exact) mass is 402 g/mol. The van der Waals surface area contributed by atoms with Gasteiger partial charge in [0.25, 0.3) is 0 Å². The van der Waals surface area contributed by atoms with Crippen LogP contribution in [0.3, 0.4) is 0 Å². The lowest BCUT2D eigenvalue weighted by molar-refractivity contribution is -0.140. The summed E-state index contributed by atoms with van der Waals surface area (Å²) >= 11 is 0. The molecule has 152 valence electrons. The van der Waals surface area contributed by atoms with Crippen LogP contribution in [0.2, 0.25) is 0 Å². The zero-order chi connectivity index (χ0) is 20.9. The Morgan fingerprint density at radius 2 is 1.90 bits per heavy atom. The highest BCUT2D eigenvalue weighted by atomic mass is 19.4. The van der Waals surface area contributed by atoms with Crippen LogP contribution in [0.25, 0.3) is 0 Å². The van der Waals surface area contributed by atoms with Gasteiger partial charge in [0.1, 0.15) is 18.5 Å². The summed E-state index contributed by atoms with van der Waals surface area (Å²) in [4.78, 5) is 12.0. The molecule has 0 radical (unpaired) electrons. The molecule has 2 aliphatic rings. The third-order valence-electron chi connectivity index (χ3n) is 5.90. The van der Waals surface area contributed by atoms with Gasteiger partial charge in [-0.05, 0) is 67.1 Å². The molecule has 1 fully saturated rings. The number of rotatable bonds is 3. The van der Waals surface area contributed by atoms with Gasteiger partial charge in [-0.3, -0.25) is 0 Å². The lowest BCUT2D eigenvalue weighted by Gasteiger charge is -2.30. The van der Waals surface area contributed by atoms with Gasteiger partial charge >= 0.3 is 12.1 Å². The summed E-state index contributed by atoms with van der Waals surface area (Å²) in [6.45, 7) is 7.96. The van der Waals surface area contributed by atoms with Crippen molar-refractivity contribution in [2.24, 2.45) is 5.92 Å². The normalized spacial score (nSPS) is 20.9. The molecule has 0 unspecified atom stereocenters. The van der Waals surface area contributed by atoms with Gasteiger partial charge in [0, 0.05) is 17.1 Å². The first kappa shape index (κ1) is 19.6. The number of alkyl halides is 3. The maximum atomic E-state index is 12.7. The lowest BCUT2D eigenvalue weighted by Crippen LogP contribution is -2.20. The van der Waals surface area contributed by atoms with Crippen molar-refractivity contribution in [2.75, 3.05) is 0 Å². The highest BCUT2D eigenvalue weighted by Gasteiger charge is 2.44. The van der Waals surface area contributed by atoms with Crippen LogP contribution < -0.4 is 4.74 Å². The molecule has 29 heavy (non-hydrogen) atoms. The molecule has 2 aromatic rings. The van der Waals surface area contributed by atoms with Gasteiger partial charge in [-0.25, -0.2) is 4.79 Å². The van der Waals surface area contributed by atoms with E-state index in [1.807, 2.05) is 19.9 Å². The molecule has 6 heteroatoms. The number of carbonyl (C=O) groups excluding carboxylic acids is 1. The molecule has 0 aromatic heterocycles. The van der Waals surface area contributed by atoms with E-state index >= 15 is 0 Å². The van der Waals surface area contributed by atoms with Crippen LogP contribution in [-0.4, -0.2) is 5.97 Å². The van der Waals surface area contributed by atoms with E-state index in [2.05, 4.69) is 6.58 Å². The molecule has 1 heterocycles. The number of hydrogen-bond acceptors (Lipinski definition) is 3. The third-order valence-corrected chi connectivity index (χ3v) is 5.90. The molecule has 2 atom stereocenters. The number of ether oxygens (including phenoxy) is 2. The van der Waals surface area contributed by atoms with E-state index in [0.717, 1.165) is 41.7 Å². The molecular formula is C23H21F3O3. The average Bonchev–Trinajstić information content (AvgIpc) is 2.97. The third kappa shape index (κ3) is 3.41. The molecule has 0 N–H and O–H groups in total. The fraction of sp³-hybridized carbons (Fsp3) is 0.348. The molecule has 2 aromatic carbocycles. The van der Waals surface area contributed by atoms with E-state index < -0.39 is 11.7 Å². The molecule has 1 aliphatic heterocycles. The van der Waals surface area contributed by atoms with Crippen molar-refractivity contribution in [3.05, 3.63) is 75.9 Å². The minimum absolute atomic E-state index is 0.0155. The number of aryl methyl sites for hydroxylation is 1. The Hall–Kier alpha value is -2.76. The molecule has 1 saturated heterocycles. The van der Waals surface area contributed by atoms with Crippen molar-refractivity contribution >= 4 is 5.97 Å². The predicted octanol–water partition coefficient (Wildman–Crippen LogP) is 5.62. The molecule has 0 spiro atoms. The molecule has 0 amide bonds. The van der Waals surface area contributed by atoms with E-state index in [0.29, 0.717) is 16.9 Å². The summed E-state index contributed by atoms with van der Waals surface area (Å²) in [5.74, 6) is 0.287. The first-order valence-corrected chi connectivity index (χ1v) is 9.48. The van der Waals surface area contributed by atoms with E-state index in [1.54, 1.807) is 0 Å². The quantitative estimate of drug-likeness (QED) is 0.494. The van der Waals surface area contributed by atoms with Crippen molar-refractivity contribution in [2.45, 2.75) is 45.6 Å². The van der Waals surface area contributed by atoms with Gasteiger partial charge in [0.2, 0.25) is 0 Å². The maximum Gasteiger partial charge on any atom is 0.416 e. The Morgan fingerprint density at radius 3 is 2.55 bits per heavy atom. The van der Waals surface area contributed by atoms with Crippen molar-refractivity contribution in [1.29, 1.82) is 0 Å². The number of benzene rings is 2. The van der Waals surface area contributed by atoms with Gasteiger partial charge in [0.15, 0.2) is 0 Å². The van der Waals surface area contributed by atoms with E-state index in [1.165, 1.54) is 17.7 Å². The SMILES string of the molecule is C=C1C(=O)O[C@H]2c3c(C)c(OCc4ccc(C(F)(F)F)cc4)cc(C)c3CC[C@@H]12. The fourth-order valence-electron chi connectivity index (χ4n) is 4.27. The minimum Gasteiger partial charge on any atom is -0.489 e. The maximum absolute atomic E-state index is 12.7. The minimum atomic E-state index is -4.36. The lowest BCUT2D eigenvalue weighted by atomic mass is 9.76. The van der Waals surface area contributed by atoms with Gasteiger partial charge in [0.05, 0.1) is 5.56 Å². The molecule has 0 bridgehead atoms. The Balaban J connectivity index is 1.60. The first-order chi connectivity index (χ1) is 13.7. The zero-order valence-corrected chi connectivity index (χ0v) is 16.2. The van der Waals surface area contributed by atoms with Gasteiger partial charge in [-0.2, -0.15) is 13.2 Å². The van der Waals surface area contributed by atoms with Crippen LogP contribution in [0.4, 0.5) is 13.2 Å². The summed E-state index contributed by atoms with van der Waals surface area (Å²) in [6, 6.07) is 6.89.